The number of carboxylic acids is 1. The van der Waals surface area contributed by atoms with Gasteiger partial charge in [0.2, 0.25) is 5.91 Å². The predicted octanol–water partition coefficient (Wildman–Crippen LogP) is 5.15. The molecule has 33 heavy (non-hydrogen) atoms. The Balaban J connectivity index is 1.59. The molecule has 1 aliphatic heterocycles. The lowest BCUT2D eigenvalue weighted by Gasteiger charge is -2.23. The zero-order chi connectivity index (χ0) is 23.3. The second kappa shape index (κ2) is 7.54. The van der Waals surface area contributed by atoms with Crippen LogP contribution in [0.4, 0.5) is 20.3 Å². The van der Waals surface area contributed by atoms with E-state index in [0.717, 1.165) is 18.4 Å². The molecule has 2 aliphatic rings. The predicted molar refractivity (Wildman–Crippen MR) is 114 cm³/mol. The van der Waals surface area contributed by atoms with Crippen molar-refractivity contribution in [3.63, 3.8) is 0 Å². The van der Waals surface area contributed by atoms with Crippen LogP contribution >= 0.6 is 0 Å². The maximum absolute atomic E-state index is 13.5. The molecule has 9 heteroatoms. The zero-order valence-corrected chi connectivity index (χ0v) is 17.4. The number of benzene rings is 2. The van der Waals surface area contributed by atoms with E-state index in [0.29, 0.717) is 22.6 Å². The van der Waals surface area contributed by atoms with Gasteiger partial charge in [-0.15, -0.1) is 8.78 Å². The van der Waals surface area contributed by atoms with Crippen molar-refractivity contribution < 1.29 is 33.0 Å². The number of alkyl halides is 2. The molecule has 0 saturated heterocycles. The summed E-state index contributed by atoms with van der Waals surface area (Å²) in [5.74, 6) is -1.44. The first-order chi connectivity index (χ1) is 15.7. The quantitative estimate of drug-likeness (QED) is 0.576. The third-order valence-electron chi connectivity index (χ3n) is 5.53. The SMILES string of the molecule is Cc1cnc(N(C(=O)C2CC2)c2ccc3c(c2)OC(F)(F)O3)cc1-c1cccc(C(=O)O)c1. The Labute approximate surface area is 187 Å². The molecule has 7 nitrogen and oxygen atoms in total. The number of carbonyl (C=O) groups excluding carboxylic acids is 1. The topological polar surface area (TPSA) is 89.0 Å². The monoisotopic (exact) mass is 452 g/mol. The average molecular weight is 452 g/mol. The van der Waals surface area contributed by atoms with E-state index < -0.39 is 12.3 Å². The van der Waals surface area contributed by atoms with Crippen molar-refractivity contribution in [2.45, 2.75) is 26.1 Å². The van der Waals surface area contributed by atoms with Crippen LogP contribution in [-0.4, -0.2) is 28.3 Å². The summed E-state index contributed by atoms with van der Waals surface area (Å²) in [6, 6.07) is 12.3. The van der Waals surface area contributed by atoms with Crippen LogP contribution in [0, 0.1) is 12.8 Å². The number of nitrogens with zero attached hydrogens (tertiary/aromatic N) is 2. The number of fused-ring (bicyclic) bond motifs is 1. The molecular formula is C24H18F2N2O5. The number of aromatic nitrogens is 1. The summed E-state index contributed by atoms with van der Waals surface area (Å²) in [6.07, 6.45) is -0.711. The number of halogens is 2. The first-order valence-electron chi connectivity index (χ1n) is 10.3. The summed E-state index contributed by atoms with van der Waals surface area (Å²) in [5.41, 5.74) is 2.58. The minimum absolute atomic E-state index is 0.120. The molecule has 0 radical (unpaired) electrons. The third kappa shape index (κ3) is 3.97. The number of carbonyl (C=O) groups is 2. The van der Waals surface area contributed by atoms with E-state index in [9.17, 15) is 23.5 Å². The molecule has 1 aromatic heterocycles. The van der Waals surface area contributed by atoms with Gasteiger partial charge in [-0.3, -0.25) is 9.69 Å². The maximum Gasteiger partial charge on any atom is 0.586 e. The highest BCUT2D eigenvalue weighted by molar-refractivity contribution is 6.03. The van der Waals surface area contributed by atoms with Crippen LogP contribution < -0.4 is 14.4 Å². The van der Waals surface area contributed by atoms with Crippen LogP contribution in [0.25, 0.3) is 11.1 Å². The van der Waals surface area contributed by atoms with Gasteiger partial charge in [0.1, 0.15) is 5.82 Å². The lowest BCUT2D eigenvalue weighted by Crippen LogP contribution is -2.28. The normalized spacial score (nSPS) is 15.8. The van der Waals surface area contributed by atoms with Gasteiger partial charge in [-0.05, 0) is 66.8 Å². The van der Waals surface area contributed by atoms with Gasteiger partial charge in [0.05, 0.1) is 11.3 Å². The molecule has 1 amide bonds. The summed E-state index contributed by atoms with van der Waals surface area (Å²) in [6.45, 7) is 1.83. The van der Waals surface area contributed by atoms with E-state index in [1.165, 1.54) is 29.2 Å². The summed E-state index contributed by atoms with van der Waals surface area (Å²) in [7, 11) is 0. The minimum atomic E-state index is -3.77. The number of aryl methyl sites for hydroxylation is 1. The summed E-state index contributed by atoms with van der Waals surface area (Å²) < 4.78 is 36.0. The lowest BCUT2D eigenvalue weighted by molar-refractivity contribution is -0.286. The summed E-state index contributed by atoms with van der Waals surface area (Å²) >= 11 is 0. The lowest BCUT2D eigenvalue weighted by atomic mass is 10.00. The van der Waals surface area contributed by atoms with Gasteiger partial charge in [0.25, 0.3) is 0 Å². The molecule has 1 saturated carbocycles. The summed E-state index contributed by atoms with van der Waals surface area (Å²) in [5, 5.41) is 9.33. The van der Waals surface area contributed by atoms with E-state index >= 15 is 0 Å². The Morgan fingerprint density at radius 3 is 2.58 bits per heavy atom. The molecule has 0 bridgehead atoms. The van der Waals surface area contributed by atoms with Crippen molar-refractivity contribution >= 4 is 23.4 Å². The molecule has 168 valence electrons. The Morgan fingerprint density at radius 2 is 1.85 bits per heavy atom. The Morgan fingerprint density at radius 1 is 1.09 bits per heavy atom. The molecule has 2 heterocycles. The molecular weight excluding hydrogens is 434 g/mol. The first-order valence-corrected chi connectivity index (χ1v) is 10.3. The molecule has 1 aliphatic carbocycles. The Bertz CT molecular complexity index is 1290. The van der Waals surface area contributed by atoms with Gasteiger partial charge in [-0.1, -0.05) is 12.1 Å². The molecule has 0 unspecified atom stereocenters. The number of anilines is 2. The number of amides is 1. The highest BCUT2D eigenvalue weighted by atomic mass is 19.3. The van der Waals surface area contributed by atoms with Gasteiger partial charge < -0.3 is 14.6 Å². The van der Waals surface area contributed by atoms with Crippen LogP contribution in [0.2, 0.25) is 0 Å². The van der Waals surface area contributed by atoms with Gasteiger partial charge in [-0.25, -0.2) is 9.78 Å². The summed E-state index contributed by atoms with van der Waals surface area (Å²) in [4.78, 5) is 30.4. The van der Waals surface area contributed by atoms with Crippen LogP contribution in [0.5, 0.6) is 11.5 Å². The molecule has 3 aromatic rings. The van der Waals surface area contributed by atoms with Gasteiger partial charge in [0.15, 0.2) is 11.5 Å². The van der Waals surface area contributed by atoms with E-state index in [1.807, 2.05) is 6.92 Å². The highest BCUT2D eigenvalue weighted by Gasteiger charge is 2.44. The number of aromatic carboxylic acids is 1. The first kappa shape index (κ1) is 20.9. The van der Waals surface area contributed by atoms with Crippen molar-refractivity contribution in [3.05, 3.63) is 65.9 Å². The standard InChI is InChI=1S/C24H18F2N2O5/c1-13-12-27-21(11-18(13)15-3-2-4-16(9-15)23(30)31)28(22(29)14-5-6-14)17-7-8-19-20(10-17)33-24(25,26)32-19/h2-4,7-12,14H,5-6H2,1H3,(H,30,31). The molecule has 0 spiro atoms. The largest absolute Gasteiger partial charge is 0.586 e. The van der Waals surface area contributed by atoms with Gasteiger partial charge in [0, 0.05) is 18.2 Å². The molecule has 0 atom stereocenters. The number of pyridine rings is 1. The van der Waals surface area contributed by atoms with Crippen molar-refractivity contribution in [2.75, 3.05) is 4.90 Å². The second-order valence-electron chi connectivity index (χ2n) is 7.99. The fourth-order valence-electron chi connectivity index (χ4n) is 3.73. The van der Waals surface area contributed by atoms with Crippen LogP contribution in [0.1, 0.15) is 28.8 Å². The fourth-order valence-corrected chi connectivity index (χ4v) is 3.73. The van der Waals surface area contributed by atoms with Crippen LogP contribution in [0.15, 0.2) is 54.7 Å². The van der Waals surface area contributed by atoms with Gasteiger partial charge >= 0.3 is 12.3 Å². The zero-order valence-electron chi connectivity index (χ0n) is 17.4. The van der Waals surface area contributed by atoms with Crippen LogP contribution in [0.3, 0.4) is 0 Å². The van der Waals surface area contributed by atoms with E-state index in [4.69, 9.17) is 0 Å². The minimum Gasteiger partial charge on any atom is -0.478 e. The number of carboxylic acid groups (broad SMARTS) is 1. The van der Waals surface area contributed by atoms with Crippen LogP contribution in [-0.2, 0) is 4.79 Å². The van der Waals surface area contributed by atoms with Crippen molar-refractivity contribution in [1.82, 2.24) is 4.98 Å². The van der Waals surface area contributed by atoms with Gasteiger partial charge in [-0.2, -0.15) is 0 Å². The van der Waals surface area contributed by atoms with Crippen molar-refractivity contribution in [2.24, 2.45) is 5.92 Å². The molecule has 5 rings (SSSR count). The number of ether oxygens (including phenoxy) is 2. The maximum atomic E-state index is 13.5. The van der Waals surface area contributed by atoms with E-state index in [2.05, 4.69) is 14.5 Å². The number of hydrogen-bond donors (Lipinski definition) is 1. The second-order valence-corrected chi connectivity index (χ2v) is 7.99. The van der Waals surface area contributed by atoms with Crippen molar-refractivity contribution in [1.29, 1.82) is 0 Å². The molecule has 1 N–H and O–H groups in total. The average Bonchev–Trinajstić information content (AvgIpc) is 3.57. The smallest absolute Gasteiger partial charge is 0.478 e. The Kier molecular flexibility index (Phi) is 4.77. The third-order valence-corrected chi connectivity index (χ3v) is 5.53. The van der Waals surface area contributed by atoms with E-state index in [1.54, 1.807) is 30.5 Å². The number of rotatable bonds is 5. The number of hydrogen-bond acceptors (Lipinski definition) is 5. The highest BCUT2D eigenvalue weighted by Crippen LogP contribution is 2.45. The fraction of sp³-hybridized carbons (Fsp3) is 0.208. The molecule has 1 fully saturated rings. The molecule has 2 aromatic carbocycles. The van der Waals surface area contributed by atoms with Crippen molar-refractivity contribution in [3.8, 4) is 22.6 Å². The van der Waals surface area contributed by atoms with E-state index in [-0.39, 0.29) is 28.9 Å². The Hall–Kier alpha value is -4.01.